The molecule has 2 atom stereocenters. The van der Waals surface area contributed by atoms with E-state index in [2.05, 4.69) is 23.5 Å². The van der Waals surface area contributed by atoms with Crippen molar-refractivity contribution in [1.82, 2.24) is 10.3 Å². The molecule has 1 aliphatic rings. The maximum atomic E-state index is 5.48. The number of nitrogens with zero attached hydrogens (tertiary/aromatic N) is 1. The van der Waals surface area contributed by atoms with Crippen LogP contribution in [0.3, 0.4) is 0 Å². The molecule has 1 aromatic carbocycles. The first kappa shape index (κ1) is 12.1. The number of ether oxygens (including phenoxy) is 1. The minimum atomic E-state index is 0.480. The van der Waals surface area contributed by atoms with Gasteiger partial charge in [0.25, 0.3) is 0 Å². The first-order chi connectivity index (χ1) is 8.86. The SMILES string of the molecule is CNC(Cc1nc2ccccc2s1)C1CCOC1. The number of hydrogen-bond donors (Lipinski definition) is 1. The Morgan fingerprint density at radius 1 is 1.50 bits per heavy atom. The monoisotopic (exact) mass is 262 g/mol. The number of likely N-dealkylation sites (N-methyl/N-ethyl adjacent to an activating group) is 1. The number of nitrogens with one attached hydrogen (secondary N) is 1. The van der Waals surface area contributed by atoms with Gasteiger partial charge in [-0.3, -0.25) is 0 Å². The van der Waals surface area contributed by atoms with Gasteiger partial charge in [0.05, 0.1) is 21.8 Å². The van der Waals surface area contributed by atoms with Crippen molar-refractivity contribution in [2.45, 2.75) is 18.9 Å². The maximum Gasteiger partial charge on any atom is 0.0954 e. The van der Waals surface area contributed by atoms with Gasteiger partial charge < -0.3 is 10.1 Å². The minimum Gasteiger partial charge on any atom is -0.381 e. The average molecular weight is 262 g/mol. The van der Waals surface area contributed by atoms with E-state index in [4.69, 9.17) is 9.72 Å². The van der Waals surface area contributed by atoms with Gasteiger partial charge in [-0.05, 0) is 25.6 Å². The van der Waals surface area contributed by atoms with Gasteiger partial charge in [-0.1, -0.05) is 12.1 Å². The van der Waals surface area contributed by atoms with Crippen LogP contribution in [0.2, 0.25) is 0 Å². The lowest BCUT2D eigenvalue weighted by Gasteiger charge is -2.20. The normalized spacial score (nSPS) is 21.5. The molecule has 2 aromatic rings. The highest BCUT2D eigenvalue weighted by Gasteiger charge is 2.25. The van der Waals surface area contributed by atoms with Crippen LogP contribution in [0.25, 0.3) is 10.2 Å². The smallest absolute Gasteiger partial charge is 0.0954 e. The molecule has 0 bridgehead atoms. The number of thiazole rings is 1. The fraction of sp³-hybridized carbons (Fsp3) is 0.500. The van der Waals surface area contributed by atoms with Crippen LogP contribution in [0.15, 0.2) is 24.3 Å². The van der Waals surface area contributed by atoms with E-state index < -0.39 is 0 Å². The van der Waals surface area contributed by atoms with E-state index in [9.17, 15) is 0 Å². The molecule has 1 aromatic heterocycles. The molecule has 0 saturated carbocycles. The Kier molecular flexibility index (Phi) is 3.59. The van der Waals surface area contributed by atoms with E-state index >= 15 is 0 Å². The van der Waals surface area contributed by atoms with Gasteiger partial charge in [0, 0.05) is 25.0 Å². The second kappa shape index (κ2) is 5.34. The summed E-state index contributed by atoms with van der Waals surface area (Å²) in [5, 5.41) is 4.65. The Labute approximate surface area is 111 Å². The van der Waals surface area contributed by atoms with Gasteiger partial charge >= 0.3 is 0 Å². The molecular formula is C14H18N2OS. The fourth-order valence-electron chi connectivity index (χ4n) is 2.57. The van der Waals surface area contributed by atoms with E-state index in [1.165, 1.54) is 9.71 Å². The number of aromatic nitrogens is 1. The van der Waals surface area contributed by atoms with Gasteiger partial charge in [-0.15, -0.1) is 11.3 Å². The Balaban J connectivity index is 1.77. The molecule has 2 heterocycles. The molecule has 0 radical (unpaired) electrons. The second-order valence-corrected chi connectivity index (χ2v) is 5.91. The topological polar surface area (TPSA) is 34.2 Å². The third kappa shape index (κ3) is 2.41. The van der Waals surface area contributed by atoms with E-state index in [0.29, 0.717) is 12.0 Å². The summed E-state index contributed by atoms with van der Waals surface area (Å²) in [7, 11) is 2.04. The van der Waals surface area contributed by atoms with Crippen molar-refractivity contribution in [3.05, 3.63) is 29.3 Å². The summed E-state index contributed by atoms with van der Waals surface area (Å²) >= 11 is 1.81. The number of rotatable bonds is 4. The van der Waals surface area contributed by atoms with E-state index in [-0.39, 0.29) is 0 Å². The van der Waals surface area contributed by atoms with Gasteiger partial charge in [-0.2, -0.15) is 0 Å². The molecule has 3 nitrogen and oxygen atoms in total. The third-order valence-corrected chi connectivity index (χ3v) is 4.70. The number of hydrogen-bond acceptors (Lipinski definition) is 4. The van der Waals surface area contributed by atoms with Crippen LogP contribution in [-0.2, 0) is 11.2 Å². The predicted molar refractivity (Wildman–Crippen MR) is 75.1 cm³/mol. The highest BCUT2D eigenvalue weighted by atomic mass is 32.1. The van der Waals surface area contributed by atoms with Crippen LogP contribution in [0.5, 0.6) is 0 Å². The first-order valence-electron chi connectivity index (χ1n) is 6.46. The van der Waals surface area contributed by atoms with Crippen molar-refractivity contribution >= 4 is 21.6 Å². The molecular weight excluding hydrogens is 244 g/mol. The molecule has 0 amide bonds. The van der Waals surface area contributed by atoms with E-state index in [0.717, 1.165) is 31.6 Å². The molecule has 1 aliphatic heterocycles. The van der Waals surface area contributed by atoms with Crippen molar-refractivity contribution in [1.29, 1.82) is 0 Å². The van der Waals surface area contributed by atoms with Crippen LogP contribution in [0.4, 0.5) is 0 Å². The largest absolute Gasteiger partial charge is 0.381 e. The zero-order valence-electron chi connectivity index (χ0n) is 10.6. The standard InChI is InChI=1S/C14H18N2OS/c1-15-12(10-6-7-17-9-10)8-14-16-11-4-2-3-5-13(11)18-14/h2-5,10,12,15H,6-9H2,1H3. The van der Waals surface area contributed by atoms with Crippen LogP contribution >= 0.6 is 11.3 Å². The maximum absolute atomic E-state index is 5.48. The van der Waals surface area contributed by atoms with Crippen LogP contribution in [0, 0.1) is 5.92 Å². The molecule has 96 valence electrons. The van der Waals surface area contributed by atoms with Crippen molar-refractivity contribution < 1.29 is 4.74 Å². The lowest BCUT2D eigenvalue weighted by Crippen LogP contribution is -2.35. The zero-order chi connectivity index (χ0) is 12.4. The quantitative estimate of drug-likeness (QED) is 0.919. The predicted octanol–water partition coefficient (Wildman–Crippen LogP) is 2.46. The summed E-state index contributed by atoms with van der Waals surface area (Å²) in [6.45, 7) is 1.79. The molecule has 0 aliphatic carbocycles. The number of benzene rings is 1. The van der Waals surface area contributed by atoms with Crippen molar-refractivity contribution in [3.63, 3.8) is 0 Å². The molecule has 1 saturated heterocycles. The summed E-state index contributed by atoms with van der Waals surface area (Å²) < 4.78 is 6.76. The highest BCUT2D eigenvalue weighted by molar-refractivity contribution is 7.18. The van der Waals surface area contributed by atoms with E-state index in [1.807, 2.05) is 24.5 Å². The minimum absolute atomic E-state index is 0.480. The van der Waals surface area contributed by atoms with Crippen molar-refractivity contribution in [2.24, 2.45) is 5.92 Å². The van der Waals surface area contributed by atoms with Crippen LogP contribution in [0.1, 0.15) is 11.4 Å². The lowest BCUT2D eigenvalue weighted by atomic mass is 9.97. The Bertz CT molecular complexity index is 486. The number of para-hydroxylation sites is 1. The molecule has 1 N–H and O–H groups in total. The zero-order valence-corrected chi connectivity index (χ0v) is 11.4. The highest BCUT2D eigenvalue weighted by Crippen LogP contribution is 2.25. The molecule has 3 rings (SSSR count). The summed E-state index contributed by atoms with van der Waals surface area (Å²) in [6.07, 6.45) is 2.17. The van der Waals surface area contributed by atoms with Gasteiger partial charge in [0.1, 0.15) is 0 Å². The molecule has 2 unspecified atom stereocenters. The Hall–Kier alpha value is -0.970. The first-order valence-corrected chi connectivity index (χ1v) is 7.28. The van der Waals surface area contributed by atoms with Crippen LogP contribution < -0.4 is 5.32 Å². The van der Waals surface area contributed by atoms with Crippen LogP contribution in [-0.4, -0.2) is 31.3 Å². The number of fused-ring (bicyclic) bond motifs is 1. The molecule has 18 heavy (non-hydrogen) atoms. The van der Waals surface area contributed by atoms with E-state index in [1.54, 1.807) is 0 Å². The lowest BCUT2D eigenvalue weighted by molar-refractivity contribution is 0.177. The fourth-order valence-corrected chi connectivity index (χ4v) is 3.60. The average Bonchev–Trinajstić information content (AvgIpc) is 3.04. The Morgan fingerprint density at radius 2 is 2.39 bits per heavy atom. The van der Waals surface area contributed by atoms with Gasteiger partial charge in [0.15, 0.2) is 0 Å². The van der Waals surface area contributed by atoms with Crippen molar-refractivity contribution in [2.75, 3.05) is 20.3 Å². The summed E-state index contributed by atoms with van der Waals surface area (Å²) in [5.74, 6) is 0.627. The molecule has 4 heteroatoms. The second-order valence-electron chi connectivity index (χ2n) is 4.80. The third-order valence-electron chi connectivity index (χ3n) is 3.64. The Morgan fingerprint density at radius 3 is 3.11 bits per heavy atom. The van der Waals surface area contributed by atoms with Crippen molar-refractivity contribution in [3.8, 4) is 0 Å². The molecule has 1 fully saturated rings. The summed E-state index contributed by atoms with van der Waals surface area (Å²) in [6, 6.07) is 8.83. The summed E-state index contributed by atoms with van der Waals surface area (Å²) in [4.78, 5) is 4.71. The van der Waals surface area contributed by atoms with Gasteiger partial charge in [0.2, 0.25) is 0 Å². The summed E-state index contributed by atoms with van der Waals surface area (Å²) in [5.41, 5.74) is 1.12. The molecule has 0 spiro atoms. The van der Waals surface area contributed by atoms with Gasteiger partial charge in [-0.25, -0.2) is 4.98 Å².